The van der Waals surface area contributed by atoms with E-state index in [-0.39, 0.29) is 5.91 Å². The van der Waals surface area contributed by atoms with Crippen LogP contribution in [0.5, 0.6) is 5.75 Å². The molecule has 6 rings (SSSR count). The lowest BCUT2D eigenvalue weighted by Crippen LogP contribution is -2.31. The molecule has 0 saturated heterocycles. The van der Waals surface area contributed by atoms with E-state index < -0.39 is 0 Å². The van der Waals surface area contributed by atoms with Crippen molar-refractivity contribution in [1.29, 1.82) is 0 Å². The van der Waals surface area contributed by atoms with Crippen LogP contribution in [-0.4, -0.2) is 28.0 Å². The summed E-state index contributed by atoms with van der Waals surface area (Å²) in [6.45, 7) is 0.293. The molecule has 176 valence electrons. The number of carbonyl (C=O) groups excluding carboxylic acids is 1. The number of pyridine rings is 2. The molecule has 0 spiro atoms. The second-order valence-electron chi connectivity index (χ2n) is 8.09. The van der Waals surface area contributed by atoms with Crippen LogP contribution in [0.15, 0.2) is 90.4 Å². The van der Waals surface area contributed by atoms with Crippen LogP contribution in [-0.2, 0) is 6.54 Å². The lowest BCUT2D eigenvalue weighted by Gasteiger charge is -2.21. The molecular weight excluding hydrogens is 488 g/mol. The van der Waals surface area contributed by atoms with E-state index >= 15 is 0 Å². The number of amides is 1. The summed E-state index contributed by atoms with van der Waals surface area (Å²) in [6.07, 6.45) is 1.73. The van der Waals surface area contributed by atoms with Gasteiger partial charge in [0.1, 0.15) is 5.75 Å². The molecule has 0 aliphatic heterocycles. The Hall–Kier alpha value is -4.14. The van der Waals surface area contributed by atoms with Crippen LogP contribution in [0, 0.1) is 0 Å². The maximum atomic E-state index is 14.3. The highest BCUT2D eigenvalue weighted by Gasteiger charge is 2.25. The van der Waals surface area contributed by atoms with Gasteiger partial charge in [-0.1, -0.05) is 41.7 Å². The second kappa shape index (κ2) is 9.49. The van der Waals surface area contributed by atoms with Gasteiger partial charge < -0.3 is 4.74 Å². The third-order valence-corrected chi connectivity index (χ3v) is 7.78. The van der Waals surface area contributed by atoms with Crippen LogP contribution in [0.3, 0.4) is 0 Å². The standard InChI is InChI=1S/C28H20N4O2S2/c1-34-19-11-12-26-23(15-19)31-28(36-26)32(17-18-7-4-5-13-29-18)27(33)21-16-24(25-10-6-14-35-25)30-22-9-3-2-8-20(21)22/h2-16H,17H2,1H3. The summed E-state index contributed by atoms with van der Waals surface area (Å²) in [4.78, 5) is 31.1. The molecule has 1 amide bonds. The van der Waals surface area contributed by atoms with Crippen molar-refractivity contribution < 1.29 is 9.53 Å². The highest BCUT2D eigenvalue weighted by atomic mass is 32.1. The molecule has 4 aromatic heterocycles. The summed E-state index contributed by atoms with van der Waals surface area (Å²) in [5.74, 6) is 0.575. The summed E-state index contributed by atoms with van der Waals surface area (Å²) < 4.78 is 6.34. The average molecular weight is 509 g/mol. The van der Waals surface area contributed by atoms with Crippen molar-refractivity contribution in [2.45, 2.75) is 6.54 Å². The number of aromatic nitrogens is 3. The minimum absolute atomic E-state index is 0.150. The zero-order chi connectivity index (χ0) is 24.5. The molecule has 0 aliphatic rings. The fourth-order valence-electron chi connectivity index (χ4n) is 4.07. The molecule has 0 atom stereocenters. The normalized spacial score (nSPS) is 11.1. The predicted molar refractivity (Wildman–Crippen MR) is 146 cm³/mol. The molecule has 0 unspecified atom stereocenters. The first-order valence-corrected chi connectivity index (χ1v) is 13.0. The van der Waals surface area contributed by atoms with Crippen molar-refractivity contribution in [3.8, 4) is 16.3 Å². The Kier molecular flexibility index (Phi) is 5.88. The molecule has 0 radical (unpaired) electrons. The summed E-state index contributed by atoms with van der Waals surface area (Å²) in [5.41, 5.74) is 3.70. The number of fused-ring (bicyclic) bond motifs is 2. The number of thiophene rings is 1. The van der Waals surface area contributed by atoms with Gasteiger partial charge in [0.2, 0.25) is 0 Å². The highest BCUT2D eigenvalue weighted by molar-refractivity contribution is 7.22. The summed E-state index contributed by atoms with van der Waals surface area (Å²) in [6, 6.07) is 25.1. The quantitative estimate of drug-likeness (QED) is 0.247. The number of ether oxygens (including phenoxy) is 1. The summed E-state index contributed by atoms with van der Waals surface area (Å²) >= 11 is 3.07. The molecular formula is C28H20N4O2S2. The minimum atomic E-state index is -0.150. The molecule has 4 heterocycles. The van der Waals surface area contributed by atoms with Gasteiger partial charge in [-0.15, -0.1) is 11.3 Å². The zero-order valence-corrected chi connectivity index (χ0v) is 20.9. The molecule has 6 nitrogen and oxygen atoms in total. The van der Waals surface area contributed by atoms with E-state index in [0.29, 0.717) is 17.2 Å². The van der Waals surface area contributed by atoms with Gasteiger partial charge in [0.15, 0.2) is 5.13 Å². The van der Waals surface area contributed by atoms with E-state index in [4.69, 9.17) is 14.7 Å². The van der Waals surface area contributed by atoms with Crippen LogP contribution in [0.2, 0.25) is 0 Å². The number of para-hydroxylation sites is 1. The van der Waals surface area contributed by atoms with Crippen molar-refractivity contribution in [2.24, 2.45) is 0 Å². The highest BCUT2D eigenvalue weighted by Crippen LogP contribution is 2.34. The van der Waals surface area contributed by atoms with E-state index in [0.717, 1.165) is 43.1 Å². The summed E-state index contributed by atoms with van der Waals surface area (Å²) in [5, 5.41) is 3.42. The second-order valence-corrected chi connectivity index (χ2v) is 10.0. The Morgan fingerprint density at radius 1 is 0.944 bits per heavy atom. The van der Waals surface area contributed by atoms with Crippen LogP contribution in [0.1, 0.15) is 16.1 Å². The topological polar surface area (TPSA) is 68.2 Å². The fourth-order valence-corrected chi connectivity index (χ4v) is 5.70. The molecule has 6 aromatic rings. The lowest BCUT2D eigenvalue weighted by molar-refractivity contribution is 0.0986. The lowest BCUT2D eigenvalue weighted by atomic mass is 10.1. The van der Waals surface area contributed by atoms with E-state index in [1.165, 1.54) is 11.3 Å². The summed E-state index contributed by atoms with van der Waals surface area (Å²) in [7, 11) is 1.63. The number of rotatable bonds is 6. The predicted octanol–water partition coefficient (Wildman–Crippen LogP) is 6.82. The first-order valence-electron chi connectivity index (χ1n) is 11.3. The largest absolute Gasteiger partial charge is 0.497 e. The average Bonchev–Trinajstić information content (AvgIpc) is 3.61. The van der Waals surface area contributed by atoms with Gasteiger partial charge in [-0.2, -0.15) is 0 Å². The van der Waals surface area contributed by atoms with Crippen LogP contribution in [0.4, 0.5) is 5.13 Å². The minimum Gasteiger partial charge on any atom is -0.497 e. The van der Waals surface area contributed by atoms with E-state index in [9.17, 15) is 4.79 Å². The monoisotopic (exact) mass is 508 g/mol. The van der Waals surface area contributed by atoms with Crippen molar-refractivity contribution in [3.63, 3.8) is 0 Å². The van der Waals surface area contributed by atoms with Crippen molar-refractivity contribution >= 4 is 54.8 Å². The van der Waals surface area contributed by atoms with Gasteiger partial charge in [-0.3, -0.25) is 14.7 Å². The molecule has 0 fully saturated rings. The Balaban J connectivity index is 1.51. The SMILES string of the molecule is COc1ccc2sc(N(Cc3ccccn3)C(=O)c3cc(-c4cccs4)nc4ccccc34)nc2c1. The van der Waals surface area contributed by atoms with Gasteiger partial charge in [-0.05, 0) is 47.8 Å². The number of anilines is 1. The van der Waals surface area contributed by atoms with E-state index in [1.54, 1.807) is 29.5 Å². The van der Waals surface area contributed by atoms with E-state index in [2.05, 4.69) is 4.98 Å². The number of hydrogen-bond donors (Lipinski definition) is 0. The van der Waals surface area contributed by atoms with Gasteiger partial charge in [0.05, 0.1) is 51.2 Å². The maximum absolute atomic E-state index is 14.3. The Morgan fingerprint density at radius 2 is 1.83 bits per heavy atom. The molecule has 36 heavy (non-hydrogen) atoms. The smallest absolute Gasteiger partial charge is 0.261 e. The Labute approximate surface area is 215 Å². The first-order chi connectivity index (χ1) is 17.7. The Bertz CT molecular complexity index is 1680. The molecule has 0 bridgehead atoms. The number of hydrogen-bond acceptors (Lipinski definition) is 7. The third-order valence-electron chi connectivity index (χ3n) is 5.83. The molecule has 0 N–H and O–H groups in total. The van der Waals surface area contributed by atoms with Gasteiger partial charge in [-0.25, -0.2) is 9.97 Å². The van der Waals surface area contributed by atoms with Crippen LogP contribution < -0.4 is 9.64 Å². The number of methoxy groups -OCH3 is 1. The van der Waals surface area contributed by atoms with Crippen molar-refractivity contribution in [1.82, 2.24) is 15.0 Å². The van der Waals surface area contributed by atoms with Crippen LogP contribution >= 0.6 is 22.7 Å². The first kappa shape index (κ1) is 22.3. The van der Waals surface area contributed by atoms with Gasteiger partial charge >= 0.3 is 0 Å². The molecule has 8 heteroatoms. The van der Waals surface area contributed by atoms with Gasteiger partial charge in [0, 0.05) is 17.6 Å². The third kappa shape index (κ3) is 4.21. The van der Waals surface area contributed by atoms with Gasteiger partial charge in [0.25, 0.3) is 5.91 Å². The van der Waals surface area contributed by atoms with Crippen LogP contribution in [0.25, 0.3) is 31.7 Å². The number of nitrogens with zero attached hydrogens (tertiary/aromatic N) is 4. The fraction of sp³-hybridized carbons (Fsp3) is 0.0714. The number of carbonyl (C=O) groups is 1. The van der Waals surface area contributed by atoms with Crippen molar-refractivity contribution in [2.75, 3.05) is 12.0 Å². The molecule has 0 aliphatic carbocycles. The molecule has 2 aromatic carbocycles. The maximum Gasteiger partial charge on any atom is 0.261 e. The number of benzene rings is 2. The Morgan fingerprint density at radius 3 is 2.64 bits per heavy atom. The zero-order valence-electron chi connectivity index (χ0n) is 19.3. The van der Waals surface area contributed by atoms with E-state index in [1.807, 2.05) is 84.2 Å². The number of thiazole rings is 1. The molecule has 0 saturated carbocycles. The van der Waals surface area contributed by atoms with Crippen molar-refractivity contribution in [3.05, 3.63) is 102 Å².